The molecule has 0 aromatic rings. The Bertz CT molecular complexity index is 394. The molecule has 3 N–H and O–H groups in total. The van der Waals surface area contributed by atoms with Gasteiger partial charge >= 0.3 is 5.97 Å². The third-order valence-corrected chi connectivity index (χ3v) is 3.52. The fourth-order valence-electron chi connectivity index (χ4n) is 2.17. The zero-order valence-electron chi connectivity index (χ0n) is 10.5. The molecule has 2 atom stereocenters. The molecule has 1 heterocycles. The van der Waals surface area contributed by atoms with E-state index in [0.29, 0.717) is 12.5 Å². The van der Waals surface area contributed by atoms with Gasteiger partial charge in [-0.3, -0.25) is 9.59 Å². The van der Waals surface area contributed by atoms with Gasteiger partial charge in [-0.1, -0.05) is 0 Å². The molecule has 0 aromatic heterocycles. The first-order chi connectivity index (χ1) is 8.97. The van der Waals surface area contributed by atoms with E-state index in [-0.39, 0.29) is 24.8 Å². The molecule has 0 spiro atoms. The second kappa shape index (κ2) is 5.56. The highest BCUT2D eigenvalue weighted by Gasteiger charge is 2.37. The van der Waals surface area contributed by atoms with E-state index in [2.05, 4.69) is 5.32 Å². The Morgan fingerprint density at radius 2 is 2.11 bits per heavy atom. The van der Waals surface area contributed by atoms with Gasteiger partial charge in [-0.25, -0.2) is 4.79 Å². The molecule has 1 saturated heterocycles. The number of aliphatic hydroxyl groups is 1. The fourth-order valence-corrected chi connectivity index (χ4v) is 2.17. The van der Waals surface area contributed by atoms with Gasteiger partial charge < -0.3 is 20.4 Å². The first-order valence-electron chi connectivity index (χ1n) is 6.43. The zero-order valence-corrected chi connectivity index (χ0v) is 10.5. The van der Waals surface area contributed by atoms with Crippen molar-refractivity contribution in [1.29, 1.82) is 0 Å². The molecule has 2 aliphatic rings. The first kappa shape index (κ1) is 13.8. The lowest BCUT2D eigenvalue weighted by molar-refractivity contribution is -0.146. The van der Waals surface area contributed by atoms with E-state index in [1.54, 1.807) is 4.90 Å². The van der Waals surface area contributed by atoms with Crippen LogP contribution >= 0.6 is 0 Å². The van der Waals surface area contributed by atoms with E-state index in [1.807, 2.05) is 0 Å². The number of rotatable bonds is 6. The van der Waals surface area contributed by atoms with Gasteiger partial charge in [-0.05, 0) is 18.8 Å². The van der Waals surface area contributed by atoms with E-state index >= 15 is 0 Å². The molecule has 1 saturated carbocycles. The van der Waals surface area contributed by atoms with Crippen LogP contribution in [-0.2, 0) is 14.4 Å². The summed E-state index contributed by atoms with van der Waals surface area (Å²) >= 11 is 0. The summed E-state index contributed by atoms with van der Waals surface area (Å²) < 4.78 is 0. The maximum absolute atomic E-state index is 11.8. The van der Waals surface area contributed by atoms with Crippen molar-refractivity contribution in [2.24, 2.45) is 11.8 Å². The second-order valence-electron chi connectivity index (χ2n) is 5.24. The number of aliphatic hydroxyl groups excluding tert-OH is 1. The van der Waals surface area contributed by atoms with E-state index < -0.39 is 18.0 Å². The summed E-state index contributed by atoms with van der Waals surface area (Å²) in [5.74, 6) is -1.62. The predicted octanol–water partition coefficient (Wildman–Crippen LogP) is -1.19. The summed E-state index contributed by atoms with van der Waals surface area (Å²) in [7, 11) is 0. The molecule has 1 unspecified atom stereocenters. The minimum atomic E-state index is -1.61. The Hall–Kier alpha value is -1.63. The van der Waals surface area contributed by atoms with Crippen LogP contribution in [0.2, 0.25) is 0 Å². The standard InChI is InChI=1S/C12H18N2O5/c15-9(12(18)19)4-13-11(17)8-3-10(16)14(6-8)5-7-1-2-7/h7-9,15H,1-6H2,(H,13,17)(H,18,19)/t8?,9-/m0/s1. The summed E-state index contributed by atoms with van der Waals surface area (Å²) in [6.45, 7) is 0.784. The van der Waals surface area contributed by atoms with Gasteiger partial charge in [0.1, 0.15) is 0 Å². The fraction of sp³-hybridized carbons (Fsp3) is 0.750. The largest absolute Gasteiger partial charge is 0.479 e. The molecule has 0 radical (unpaired) electrons. The number of carbonyl (C=O) groups is 3. The van der Waals surface area contributed by atoms with Crippen LogP contribution < -0.4 is 5.32 Å². The van der Waals surface area contributed by atoms with E-state index in [1.165, 1.54) is 0 Å². The van der Waals surface area contributed by atoms with Crippen molar-refractivity contribution >= 4 is 17.8 Å². The molecule has 7 nitrogen and oxygen atoms in total. The van der Waals surface area contributed by atoms with Crippen molar-refractivity contribution in [2.45, 2.75) is 25.4 Å². The minimum absolute atomic E-state index is 0.0224. The average molecular weight is 270 g/mol. The monoisotopic (exact) mass is 270 g/mol. The number of hydrogen-bond acceptors (Lipinski definition) is 4. The maximum atomic E-state index is 11.8. The van der Waals surface area contributed by atoms with Crippen molar-refractivity contribution < 1.29 is 24.6 Å². The maximum Gasteiger partial charge on any atom is 0.334 e. The normalized spacial score (nSPS) is 24.4. The Kier molecular flexibility index (Phi) is 4.04. The van der Waals surface area contributed by atoms with Crippen LogP contribution in [0.4, 0.5) is 0 Å². The van der Waals surface area contributed by atoms with Gasteiger partial charge in [-0.2, -0.15) is 0 Å². The first-order valence-corrected chi connectivity index (χ1v) is 6.43. The Labute approximate surface area is 110 Å². The van der Waals surface area contributed by atoms with Crippen LogP contribution in [0.15, 0.2) is 0 Å². The van der Waals surface area contributed by atoms with Crippen molar-refractivity contribution in [3.8, 4) is 0 Å². The summed E-state index contributed by atoms with van der Waals surface area (Å²) in [5, 5.41) is 19.9. The van der Waals surface area contributed by atoms with Crippen LogP contribution in [0.25, 0.3) is 0 Å². The SMILES string of the molecule is O=C(NC[C@H](O)C(=O)O)C1CC(=O)N(CC2CC2)C1. The number of aliphatic carboxylic acids is 1. The molecule has 0 aromatic carbocycles. The Morgan fingerprint density at radius 3 is 2.68 bits per heavy atom. The highest BCUT2D eigenvalue weighted by molar-refractivity contribution is 5.89. The number of nitrogens with zero attached hydrogens (tertiary/aromatic N) is 1. The lowest BCUT2D eigenvalue weighted by Gasteiger charge is -2.16. The molecule has 19 heavy (non-hydrogen) atoms. The lowest BCUT2D eigenvalue weighted by atomic mass is 10.1. The highest BCUT2D eigenvalue weighted by Crippen LogP contribution is 2.31. The third-order valence-electron chi connectivity index (χ3n) is 3.52. The van der Waals surface area contributed by atoms with E-state index in [4.69, 9.17) is 10.2 Å². The summed E-state index contributed by atoms with van der Waals surface area (Å²) in [6.07, 6.45) is 0.849. The molecule has 0 bridgehead atoms. The number of hydrogen-bond donors (Lipinski definition) is 3. The van der Waals surface area contributed by atoms with Gasteiger partial charge in [0.25, 0.3) is 0 Å². The summed E-state index contributed by atoms with van der Waals surface area (Å²) in [5.41, 5.74) is 0. The molecule has 1 aliphatic carbocycles. The zero-order chi connectivity index (χ0) is 14.0. The molecule has 2 fully saturated rings. The number of carboxylic acids is 1. The van der Waals surface area contributed by atoms with Gasteiger partial charge in [0.15, 0.2) is 6.10 Å². The third kappa shape index (κ3) is 3.66. The van der Waals surface area contributed by atoms with Crippen LogP contribution in [0.5, 0.6) is 0 Å². The van der Waals surface area contributed by atoms with E-state index in [0.717, 1.165) is 19.4 Å². The molecule has 7 heteroatoms. The molecular weight excluding hydrogens is 252 g/mol. The molecule has 106 valence electrons. The Morgan fingerprint density at radius 1 is 1.42 bits per heavy atom. The topological polar surface area (TPSA) is 107 Å². The summed E-state index contributed by atoms with van der Waals surface area (Å²) in [6, 6.07) is 0. The van der Waals surface area contributed by atoms with Gasteiger partial charge in [0.05, 0.1) is 12.5 Å². The number of carbonyl (C=O) groups excluding carboxylic acids is 2. The van der Waals surface area contributed by atoms with Crippen molar-refractivity contribution in [2.75, 3.05) is 19.6 Å². The van der Waals surface area contributed by atoms with Crippen molar-refractivity contribution in [3.05, 3.63) is 0 Å². The smallest absolute Gasteiger partial charge is 0.334 e. The second-order valence-corrected chi connectivity index (χ2v) is 5.24. The van der Waals surface area contributed by atoms with Crippen LogP contribution in [0, 0.1) is 11.8 Å². The molecular formula is C12H18N2O5. The predicted molar refractivity (Wildman–Crippen MR) is 64.1 cm³/mol. The number of likely N-dealkylation sites (tertiary alicyclic amines) is 1. The summed E-state index contributed by atoms with van der Waals surface area (Å²) in [4.78, 5) is 35.6. The van der Waals surface area contributed by atoms with Crippen molar-refractivity contribution in [1.82, 2.24) is 10.2 Å². The number of carboxylic acid groups (broad SMARTS) is 1. The minimum Gasteiger partial charge on any atom is -0.479 e. The lowest BCUT2D eigenvalue weighted by Crippen LogP contribution is -2.40. The molecule has 2 amide bonds. The van der Waals surface area contributed by atoms with Gasteiger partial charge in [0.2, 0.25) is 11.8 Å². The number of amides is 2. The Balaban J connectivity index is 1.77. The van der Waals surface area contributed by atoms with Crippen LogP contribution in [0.3, 0.4) is 0 Å². The quantitative estimate of drug-likeness (QED) is 0.562. The number of nitrogens with one attached hydrogen (secondary N) is 1. The van der Waals surface area contributed by atoms with Crippen LogP contribution in [-0.4, -0.2) is 58.6 Å². The molecule has 2 rings (SSSR count). The average Bonchev–Trinajstić information content (AvgIpc) is 3.09. The van der Waals surface area contributed by atoms with Gasteiger partial charge in [0, 0.05) is 19.5 Å². The molecule has 1 aliphatic heterocycles. The van der Waals surface area contributed by atoms with E-state index in [9.17, 15) is 14.4 Å². The van der Waals surface area contributed by atoms with Gasteiger partial charge in [-0.15, -0.1) is 0 Å². The van der Waals surface area contributed by atoms with Crippen molar-refractivity contribution in [3.63, 3.8) is 0 Å². The van der Waals surface area contributed by atoms with Crippen LogP contribution in [0.1, 0.15) is 19.3 Å². The highest BCUT2D eigenvalue weighted by atomic mass is 16.4.